The lowest BCUT2D eigenvalue weighted by molar-refractivity contribution is -0.391. The fourth-order valence-electron chi connectivity index (χ4n) is 1.74. The van der Waals surface area contributed by atoms with Gasteiger partial charge < -0.3 is 4.74 Å². The molecule has 0 spiro atoms. The zero-order valence-electron chi connectivity index (χ0n) is 11.0. The maximum absolute atomic E-state index is 12.3. The molecule has 0 aromatic heterocycles. The number of thioether (sulfide) groups is 1. The molecule has 0 saturated carbocycles. The quantitative estimate of drug-likeness (QED) is 0.450. The van der Waals surface area contributed by atoms with Crippen LogP contribution in [0.3, 0.4) is 0 Å². The van der Waals surface area contributed by atoms with Crippen LogP contribution >= 0.6 is 11.8 Å². The normalized spacial score (nSPS) is 11.2. The van der Waals surface area contributed by atoms with Crippen LogP contribution in [0, 0.1) is 10.1 Å². The Morgan fingerprint density at radius 1 is 1.09 bits per heavy atom. The average molecular weight is 329 g/mol. The third-order valence-corrected chi connectivity index (χ3v) is 3.73. The molecule has 116 valence electrons. The Bertz CT molecular complexity index is 662. The molecule has 0 atom stereocenters. The van der Waals surface area contributed by atoms with Crippen molar-refractivity contribution in [3.8, 4) is 5.75 Å². The summed E-state index contributed by atoms with van der Waals surface area (Å²) in [6.07, 6.45) is -4.98. The summed E-state index contributed by atoms with van der Waals surface area (Å²) in [5, 5.41) is 11.1. The van der Waals surface area contributed by atoms with Crippen LogP contribution in [0.1, 0.15) is 5.56 Å². The number of nitro groups is 1. The summed E-state index contributed by atoms with van der Waals surface area (Å²) in [6.45, 7) is 0. The lowest BCUT2D eigenvalue weighted by Crippen LogP contribution is -2.18. The molecule has 2 aromatic rings. The van der Waals surface area contributed by atoms with E-state index in [-0.39, 0.29) is 4.90 Å². The topological polar surface area (TPSA) is 52.4 Å². The second-order valence-electron chi connectivity index (χ2n) is 4.18. The van der Waals surface area contributed by atoms with Gasteiger partial charge in [0.05, 0.1) is 9.82 Å². The van der Waals surface area contributed by atoms with Gasteiger partial charge in [-0.3, -0.25) is 10.1 Å². The van der Waals surface area contributed by atoms with E-state index in [1.165, 1.54) is 12.1 Å². The van der Waals surface area contributed by atoms with Gasteiger partial charge in [0, 0.05) is 5.75 Å². The number of nitro benzene ring substituents is 1. The van der Waals surface area contributed by atoms with Gasteiger partial charge in [-0.05, 0) is 17.7 Å². The maximum Gasteiger partial charge on any atom is 0.573 e. The molecule has 0 radical (unpaired) electrons. The highest BCUT2D eigenvalue weighted by Crippen LogP contribution is 2.40. The molecule has 0 bridgehead atoms. The van der Waals surface area contributed by atoms with Crippen molar-refractivity contribution in [3.63, 3.8) is 0 Å². The summed E-state index contributed by atoms with van der Waals surface area (Å²) in [7, 11) is 0. The van der Waals surface area contributed by atoms with E-state index < -0.39 is 22.7 Å². The Hall–Kier alpha value is -2.22. The van der Waals surface area contributed by atoms with Gasteiger partial charge >= 0.3 is 12.0 Å². The number of rotatable bonds is 5. The lowest BCUT2D eigenvalue weighted by Gasteiger charge is -2.11. The van der Waals surface area contributed by atoms with Gasteiger partial charge in [-0.1, -0.05) is 36.4 Å². The van der Waals surface area contributed by atoms with Gasteiger partial charge in [-0.2, -0.15) is 0 Å². The molecule has 0 saturated heterocycles. The minimum absolute atomic E-state index is 0.121. The van der Waals surface area contributed by atoms with E-state index in [4.69, 9.17) is 0 Å². The lowest BCUT2D eigenvalue weighted by atomic mass is 10.2. The monoisotopic (exact) mass is 329 g/mol. The molecular weight excluding hydrogens is 319 g/mol. The second kappa shape index (κ2) is 6.69. The summed E-state index contributed by atoms with van der Waals surface area (Å²) < 4.78 is 40.7. The van der Waals surface area contributed by atoms with Gasteiger partial charge in [0.15, 0.2) is 0 Å². The van der Waals surface area contributed by atoms with Crippen molar-refractivity contribution in [2.75, 3.05) is 0 Å². The molecular formula is C14H10F3NO3S. The summed E-state index contributed by atoms with van der Waals surface area (Å²) >= 11 is 1.08. The predicted molar refractivity (Wildman–Crippen MR) is 75.8 cm³/mol. The first-order valence-corrected chi connectivity index (χ1v) is 7.05. The van der Waals surface area contributed by atoms with Crippen LogP contribution in [-0.4, -0.2) is 11.3 Å². The fourth-order valence-corrected chi connectivity index (χ4v) is 2.74. The van der Waals surface area contributed by atoms with E-state index in [0.29, 0.717) is 5.75 Å². The molecule has 0 aliphatic carbocycles. The Morgan fingerprint density at radius 3 is 2.36 bits per heavy atom. The van der Waals surface area contributed by atoms with Crippen molar-refractivity contribution < 1.29 is 22.8 Å². The molecule has 0 unspecified atom stereocenters. The molecule has 8 heteroatoms. The van der Waals surface area contributed by atoms with E-state index in [1.807, 2.05) is 30.3 Å². The molecule has 2 aromatic carbocycles. The molecule has 22 heavy (non-hydrogen) atoms. The number of alkyl halides is 3. The standard InChI is InChI=1S/C14H10F3NO3S/c15-14(16,17)21-11-7-4-8-12(13(11)18(19)20)22-9-10-5-2-1-3-6-10/h1-8H,9H2. The first-order chi connectivity index (χ1) is 10.4. The summed E-state index contributed by atoms with van der Waals surface area (Å²) in [5.74, 6) is -0.410. The molecule has 0 aliphatic rings. The minimum Gasteiger partial charge on any atom is -0.398 e. The Labute approximate surface area is 128 Å². The smallest absolute Gasteiger partial charge is 0.398 e. The highest BCUT2D eigenvalue weighted by atomic mass is 32.2. The number of hydrogen-bond donors (Lipinski definition) is 0. The van der Waals surface area contributed by atoms with Crippen molar-refractivity contribution >= 4 is 17.4 Å². The van der Waals surface area contributed by atoms with Crippen molar-refractivity contribution in [1.82, 2.24) is 0 Å². The number of ether oxygens (including phenoxy) is 1. The van der Waals surface area contributed by atoms with Gasteiger partial charge in [-0.25, -0.2) is 0 Å². The van der Waals surface area contributed by atoms with E-state index in [9.17, 15) is 23.3 Å². The maximum atomic E-state index is 12.3. The minimum atomic E-state index is -4.98. The summed E-state index contributed by atoms with van der Waals surface area (Å²) in [4.78, 5) is 10.3. The van der Waals surface area contributed by atoms with Gasteiger partial charge in [0.2, 0.25) is 5.75 Å². The third kappa shape index (κ3) is 4.39. The van der Waals surface area contributed by atoms with E-state index in [0.717, 1.165) is 23.4 Å². The van der Waals surface area contributed by atoms with Gasteiger partial charge in [0.25, 0.3) is 0 Å². The van der Waals surface area contributed by atoms with E-state index >= 15 is 0 Å². The number of hydrogen-bond acceptors (Lipinski definition) is 4. The zero-order valence-corrected chi connectivity index (χ0v) is 11.9. The van der Waals surface area contributed by atoms with E-state index in [2.05, 4.69) is 4.74 Å². The molecule has 0 aliphatic heterocycles. The molecule has 0 N–H and O–H groups in total. The predicted octanol–water partition coefficient (Wildman–Crippen LogP) is 4.79. The third-order valence-electron chi connectivity index (χ3n) is 2.61. The highest BCUT2D eigenvalue weighted by Gasteiger charge is 2.35. The molecule has 0 heterocycles. The molecule has 0 amide bonds. The first-order valence-electron chi connectivity index (χ1n) is 6.07. The van der Waals surface area contributed by atoms with Crippen molar-refractivity contribution in [3.05, 3.63) is 64.2 Å². The number of halogens is 3. The van der Waals surface area contributed by atoms with Crippen LogP contribution in [0.5, 0.6) is 5.75 Å². The van der Waals surface area contributed by atoms with Crippen molar-refractivity contribution in [2.24, 2.45) is 0 Å². The van der Waals surface area contributed by atoms with Crippen LogP contribution in [0.4, 0.5) is 18.9 Å². The largest absolute Gasteiger partial charge is 0.573 e. The Kier molecular flexibility index (Phi) is 4.92. The van der Waals surface area contributed by atoms with Gasteiger partial charge in [-0.15, -0.1) is 24.9 Å². The Balaban J connectivity index is 2.27. The first kappa shape index (κ1) is 16.2. The summed E-state index contributed by atoms with van der Waals surface area (Å²) in [5.41, 5.74) is 0.227. The highest BCUT2D eigenvalue weighted by molar-refractivity contribution is 7.98. The summed E-state index contributed by atoms with van der Waals surface area (Å²) in [6, 6.07) is 12.7. The number of benzene rings is 2. The second-order valence-corrected chi connectivity index (χ2v) is 5.20. The van der Waals surface area contributed by atoms with Gasteiger partial charge in [0.1, 0.15) is 0 Å². The molecule has 0 fully saturated rings. The van der Waals surface area contributed by atoms with Crippen molar-refractivity contribution in [2.45, 2.75) is 17.0 Å². The van der Waals surface area contributed by atoms with Crippen molar-refractivity contribution in [1.29, 1.82) is 0 Å². The molecule has 4 nitrogen and oxygen atoms in total. The average Bonchev–Trinajstić information content (AvgIpc) is 2.44. The van der Waals surface area contributed by atoms with E-state index in [1.54, 1.807) is 0 Å². The van der Waals surface area contributed by atoms with Crippen LogP contribution < -0.4 is 4.74 Å². The van der Waals surface area contributed by atoms with Crippen LogP contribution in [0.25, 0.3) is 0 Å². The van der Waals surface area contributed by atoms with Crippen LogP contribution in [0.15, 0.2) is 53.4 Å². The zero-order chi connectivity index (χ0) is 16.2. The molecule has 2 rings (SSSR count). The SMILES string of the molecule is O=[N+]([O-])c1c(OC(F)(F)F)cccc1SCc1ccccc1. The van der Waals surface area contributed by atoms with Crippen LogP contribution in [0.2, 0.25) is 0 Å². The number of nitrogens with zero attached hydrogens (tertiary/aromatic N) is 1. The van der Waals surface area contributed by atoms with Crippen LogP contribution in [-0.2, 0) is 5.75 Å². The fraction of sp³-hybridized carbons (Fsp3) is 0.143. The Morgan fingerprint density at radius 2 is 1.77 bits per heavy atom. The number of para-hydroxylation sites is 1.